The Hall–Kier alpha value is -3.60. The van der Waals surface area contributed by atoms with Gasteiger partial charge in [0.05, 0.1) is 6.10 Å². The van der Waals surface area contributed by atoms with E-state index in [9.17, 15) is 9.59 Å². The minimum absolute atomic E-state index is 0.150. The molecule has 1 aliphatic carbocycles. The Morgan fingerprint density at radius 2 is 1.68 bits per heavy atom. The van der Waals surface area contributed by atoms with E-state index in [0.717, 1.165) is 41.8 Å². The van der Waals surface area contributed by atoms with Crippen molar-refractivity contribution in [3.8, 4) is 5.75 Å². The van der Waals surface area contributed by atoms with Gasteiger partial charge >= 0.3 is 0 Å². The summed E-state index contributed by atoms with van der Waals surface area (Å²) >= 11 is 0. The maximum absolute atomic E-state index is 13.8. The third-order valence-corrected chi connectivity index (χ3v) is 7.79. The van der Waals surface area contributed by atoms with Gasteiger partial charge in [-0.15, -0.1) is 0 Å². The van der Waals surface area contributed by atoms with Gasteiger partial charge < -0.3 is 15.0 Å². The van der Waals surface area contributed by atoms with Gasteiger partial charge in [0, 0.05) is 24.2 Å². The molecule has 3 aromatic rings. The molecule has 1 fully saturated rings. The van der Waals surface area contributed by atoms with Crippen molar-refractivity contribution in [2.24, 2.45) is 0 Å². The van der Waals surface area contributed by atoms with E-state index in [1.165, 1.54) is 37.7 Å². The Kier molecular flexibility index (Phi) is 8.42. The summed E-state index contributed by atoms with van der Waals surface area (Å²) in [4.78, 5) is 29.1. The smallest absolute Gasteiger partial charge is 0.254 e. The first kappa shape index (κ1) is 26.0. The lowest BCUT2D eigenvalue weighted by molar-refractivity contribution is -0.121. The van der Waals surface area contributed by atoms with Crippen LogP contribution in [0.1, 0.15) is 78.9 Å². The van der Waals surface area contributed by atoms with Crippen LogP contribution in [0, 0.1) is 0 Å². The first-order chi connectivity index (χ1) is 18.6. The highest BCUT2D eigenvalue weighted by atomic mass is 16.5. The third kappa shape index (κ3) is 6.27. The summed E-state index contributed by atoms with van der Waals surface area (Å²) in [5.74, 6) is 0.410. The molecule has 0 radical (unpaired) electrons. The molecule has 1 atom stereocenters. The van der Waals surface area contributed by atoms with E-state index in [1.54, 1.807) is 4.90 Å². The molecule has 1 aliphatic heterocycles. The summed E-state index contributed by atoms with van der Waals surface area (Å²) in [6.45, 7) is 2.61. The first-order valence-electron chi connectivity index (χ1n) is 14.1. The number of nitrogens with one attached hydrogen (secondary N) is 1. The van der Waals surface area contributed by atoms with Crippen LogP contribution < -0.4 is 10.1 Å². The lowest BCUT2D eigenvalue weighted by Crippen LogP contribution is -2.50. The second-order valence-corrected chi connectivity index (χ2v) is 10.6. The standard InChI is InChI=1S/C33H38N2O3/c1-2-3-4-10-24-17-19-28(20-18-24)34-32(36)31-22-25-11-5-6-12-27(25)23-35(31)33(37)26-13-9-16-30(21-26)38-29-14-7-8-15-29/h5-6,9,11-13,16-21,29,31H,2-4,7-8,10,14-15,22-23H2,1H3,(H,34,36)/t31-/m0/s1. The zero-order chi connectivity index (χ0) is 26.3. The van der Waals surface area contributed by atoms with Crippen LogP contribution in [0.3, 0.4) is 0 Å². The van der Waals surface area contributed by atoms with Crippen LogP contribution in [0.25, 0.3) is 0 Å². The lowest BCUT2D eigenvalue weighted by Gasteiger charge is -2.36. The topological polar surface area (TPSA) is 58.6 Å². The SMILES string of the molecule is CCCCCc1ccc(NC(=O)[C@@H]2Cc3ccccc3CN2C(=O)c2cccc(OC3CCCC3)c2)cc1. The van der Waals surface area contributed by atoms with Gasteiger partial charge in [-0.25, -0.2) is 0 Å². The Balaban J connectivity index is 1.33. The number of carbonyl (C=O) groups excluding carboxylic acids is 2. The minimum Gasteiger partial charge on any atom is -0.490 e. The van der Waals surface area contributed by atoms with E-state index in [2.05, 4.69) is 30.4 Å². The van der Waals surface area contributed by atoms with Crippen LogP contribution in [0.15, 0.2) is 72.8 Å². The number of aryl methyl sites for hydroxylation is 1. The van der Waals surface area contributed by atoms with Crippen molar-refractivity contribution in [2.45, 2.75) is 83.4 Å². The van der Waals surface area contributed by atoms with Gasteiger partial charge in [0.25, 0.3) is 5.91 Å². The summed E-state index contributed by atoms with van der Waals surface area (Å²) in [5.41, 5.74) is 4.78. The molecular weight excluding hydrogens is 472 g/mol. The van der Waals surface area contributed by atoms with E-state index >= 15 is 0 Å². The number of fused-ring (bicyclic) bond motifs is 1. The Labute approximate surface area is 226 Å². The summed E-state index contributed by atoms with van der Waals surface area (Å²) in [5, 5.41) is 3.08. The average molecular weight is 511 g/mol. The van der Waals surface area contributed by atoms with Gasteiger partial charge in [0.2, 0.25) is 5.91 Å². The van der Waals surface area contributed by atoms with Gasteiger partial charge in [0.1, 0.15) is 11.8 Å². The second kappa shape index (κ2) is 12.3. The molecule has 2 aliphatic rings. The zero-order valence-corrected chi connectivity index (χ0v) is 22.3. The number of rotatable bonds is 9. The summed E-state index contributed by atoms with van der Waals surface area (Å²) in [6.07, 6.45) is 9.85. The monoisotopic (exact) mass is 510 g/mol. The number of anilines is 1. The second-order valence-electron chi connectivity index (χ2n) is 10.6. The summed E-state index contributed by atoms with van der Waals surface area (Å²) in [6, 6.07) is 23.0. The Morgan fingerprint density at radius 1 is 0.921 bits per heavy atom. The van der Waals surface area contributed by atoms with Gasteiger partial charge in [-0.1, -0.05) is 62.2 Å². The molecule has 1 saturated carbocycles. The van der Waals surface area contributed by atoms with E-state index in [0.29, 0.717) is 18.5 Å². The number of hydrogen-bond acceptors (Lipinski definition) is 3. The third-order valence-electron chi connectivity index (χ3n) is 7.79. The number of nitrogens with zero attached hydrogens (tertiary/aromatic N) is 1. The van der Waals surface area contributed by atoms with Crippen molar-refractivity contribution < 1.29 is 14.3 Å². The van der Waals surface area contributed by atoms with Crippen molar-refractivity contribution in [3.05, 3.63) is 95.1 Å². The van der Waals surface area contributed by atoms with Crippen molar-refractivity contribution >= 4 is 17.5 Å². The number of ether oxygens (including phenoxy) is 1. The van der Waals surface area contributed by atoms with Crippen LogP contribution in [-0.2, 0) is 24.2 Å². The summed E-state index contributed by atoms with van der Waals surface area (Å²) < 4.78 is 6.15. The molecule has 0 saturated heterocycles. The van der Waals surface area contributed by atoms with Crippen molar-refractivity contribution in [1.29, 1.82) is 0 Å². The Bertz CT molecular complexity index is 1250. The predicted octanol–water partition coefficient (Wildman–Crippen LogP) is 6.95. The van der Waals surface area contributed by atoms with Crippen LogP contribution >= 0.6 is 0 Å². The number of amides is 2. The quantitative estimate of drug-likeness (QED) is 0.317. The molecule has 0 unspecified atom stereocenters. The van der Waals surface area contributed by atoms with Crippen LogP contribution in [-0.4, -0.2) is 28.9 Å². The van der Waals surface area contributed by atoms with Crippen molar-refractivity contribution in [2.75, 3.05) is 5.32 Å². The van der Waals surface area contributed by atoms with Crippen LogP contribution in [0.4, 0.5) is 5.69 Å². The fourth-order valence-corrected chi connectivity index (χ4v) is 5.60. The zero-order valence-electron chi connectivity index (χ0n) is 22.3. The molecule has 1 heterocycles. The molecule has 0 spiro atoms. The minimum atomic E-state index is -0.596. The molecule has 38 heavy (non-hydrogen) atoms. The number of hydrogen-bond donors (Lipinski definition) is 1. The largest absolute Gasteiger partial charge is 0.490 e. The molecule has 5 nitrogen and oxygen atoms in total. The molecule has 2 amide bonds. The number of benzene rings is 3. The lowest BCUT2D eigenvalue weighted by atomic mass is 9.92. The van der Waals surface area contributed by atoms with Gasteiger partial charge in [-0.2, -0.15) is 0 Å². The van der Waals surface area contributed by atoms with E-state index in [-0.39, 0.29) is 17.9 Å². The predicted molar refractivity (Wildman–Crippen MR) is 151 cm³/mol. The molecule has 5 heteroatoms. The molecular formula is C33H38N2O3. The average Bonchev–Trinajstić information content (AvgIpc) is 3.46. The van der Waals surface area contributed by atoms with E-state index < -0.39 is 6.04 Å². The number of carbonyl (C=O) groups is 2. The first-order valence-corrected chi connectivity index (χ1v) is 14.1. The molecule has 198 valence electrons. The maximum Gasteiger partial charge on any atom is 0.254 e. The maximum atomic E-state index is 13.8. The van der Waals surface area contributed by atoms with Crippen LogP contribution in [0.2, 0.25) is 0 Å². The van der Waals surface area contributed by atoms with Gasteiger partial charge in [-0.3, -0.25) is 9.59 Å². The molecule has 0 aromatic heterocycles. The van der Waals surface area contributed by atoms with Crippen LogP contribution in [0.5, 0.6) is 5.75 Å². The highest BCUT2D eigenvalue weighted by Gasteiger charge is 2.35. The number of unbranched alkanes of at least 4 members (excludes halogenated alkanes) is 2. The fourth-order valence-electron chi connectivity index (χ4n) is 5.60. The molecule has 5 rings (SSSR count). The molecule has 3 aromatic carbocycles. The Morgan fingerprint density at radius 3 is 2.45 bits per heavy atom. The van der Waals surface area contributed by atoms with Crippen molar-refractivity contribution in [1.82, 2.24) is 4.90 Å². The molecule has 0 bridgehead atoms. The van der Waals surface area contributed by atoms with E-state index in [1.807, 2.05) is 54.6 Å². The summed E-state index contributed by atoms with van der Waals surface area (Å²) in [7, 11) is 0. The highest BCUT2D eigenvalue weighted by molar-refractivity contribution is 6.01. The van der Waals surface area contributed by atoms with Crippen molar-refractivity contribution in [3.63, 3.8) is 0 Å². The molecule has 1 N–H and O–H groups in total. The van der Waals surface area contributed by atoms with Gasteiger partial charge in [0.15, 0.2) is 0 Å². The van der Waals surface area contributed by atoms with E-state index in [4.69, 9.17) is 4.74 Å². The normalized spacial score (nSPS) is 17.2. The fraction of sp³-hybridized carbons (Fsp3) is 0.394. The van der Waals surface area contributed by atoms with Gasteiger partial charge in [-0.05, 0) is 85.5 Å². The highest BCUT2D eigenvalue weighted by Crippen LogP contribution is 2.28.